The molecule has 0 aromatic carbocycles. The van der Waals surface area contributed by atoms with Gasteiger partial charge in [-0.05, 0) is 22.9 Å². The van der Waals surface area contributed by atoms with E-state index in [0.29, 0.717) is 0 Å². The van der Waals surface area contributed by atoms with Crippen LogP contribution in [0.1, 0.15) is 6.92 Å². The molecule has 0 aliphatic heterocycles. The highest BCUT2D eigenvalue weighted by Gasteiger charge is 2.13. The van der Waals surface area contributed by atoms with E-state index in [4.69, 9.17) is 21.5 Å². The number of aliphatic hydroxyl groups excluding tert-OH is 1. The van der Waals surface area contributed by atoms with Crippen molar-refractivity contribution in [2.45, 2.75) is 13.0 Å². The molecule has 0 aliphatic carbocycles. The van der Waals surface area contributed by atoms with Crippen molar-refractivity contribution in [1.82, 2.24) is 0 Å². The number of nitrogens with zero attached hydrogens (tertiary/aromatic N) is 1. The second kappa shape index (κ2) is 5.70. The van der Waals surface area contributed by atoms with Crippen LogP contribution in [0.3, 0.4) is 0 Å². The Kier molecular flexibility index (Phi) is 5.30. The molecule has 0 fully saturated rings. The molecule has 0 aromatic rings. The molecular formula is C7H12BrN4O+. The third kappa shape index (κ3) is 4.03. The third-order valence-corrected chi connectivity index (χ3v) is 1.77. The summed E-state index contributed by atoms with van der Waals surface area (Å²) in [6.45, 7) is 1.73. The molecule has 0 aliphatic rings. The van der Waals surface area contributed by atoms with Crippen molar-refractivity contribution in [3.05, 3.63) is 11.4 Å². The summed E-state index contributed by atoms with van der Waals surface area (Å²) in [6, 6.07) is 1.69. The van der Waals surface area contributed by atoms with Gasteiger partial charge in [0.15, 0.2) is 5.57 Å². The Morgan fingerprint density at radius 3 is 2.69 bits per heavy atom. The first-order chi connectivity index (χ1) is 6.02. The van der Waals surface area contributed by atoms with Gasteiger partial charge in [0, 0.05) is 0 Å². The molecule has 0 unspecified atom stereocenters. The summed E-state index contributed by atoms with van der Waals surface area (Å²) >= 11 is 2.85. The molecule has 0 radical (unpaired) electrons. The third-order valence-electron chi connectivity index (χ3n) is 1.37. The van der Waals surface area contributed by atoms with Crippen LogP contribution in [0.15, 0.2) is 11.4 Å². The molecule has 6 N–H and O–H groups in total. The second-order valence-corrected chi connectivity index (χ2v) is 3.38. The second-order valence-electron chi connectivity index (χ2n) is 2.58. The van der Waals surface area contributed by atoms with Crippen molar-refractivity contribution in [2.24, 2.45) is 5.73 Å². The Bertz CT molecular complexity index is 268. The number of quaternary nitrogens is 1. The number of rotatable bonds is 4. The lowest BCUT2D eigenvalue weighted by Crippen LogP contribution is -2.90. The first kappa shape index (κ1) is 12.1. The van der Waals surface area contributed by atoms with Crippen LogP contribution in [0.4, 0.5) is 0 Å². The van der Waals surface area contributed by atoms with Crippen LogP contribution in [0, 0.1) is 16.7 Å². The minimum Gasteiger partial charge on any atom is -0.390 e. The summed E-state index contributed by atoms with van der Waals surface area (Å²) in [6.07, 6.45) is 0. The zero-order chi connectivity index (χ0) is 10.4. The number of hydrogen-bond donors (Lipinski definition) is 4. The van der Waals surface area contributed by atoms with E-state index >= 15 is 0 Å². The first-order valence-electron chi connectivity index (χ1n) is 3.63. The number of nitrogens with one attached hydrogen (secondary N) is 1. The molecule has 13 heavy (non-hydrogen) atoms. The van der Waals surface area contributed by atoms with Gasteiger partial charge >= 0.3 is 0 Å². The molecule has 0 amide bonds. The standard InChI is InChI=1S/C7H11BrN4O/c1-4(3-13)12-7(11)5(2-9)6(8)10/h4,10,12-13H,3,11H2,1H3/p+1/b7-5-,10-6?/t4-/m0/s1. The molecule has 0 bridgehead atoms. The van der Waals surface area contributed by atoms with Crippen LogP contribution in [-0.2, 0) is 0 Å². The van der Waals surface area contributed by atoms with E-state index < -0.39 is 0 Å². The van der Waals surface area contributed by atoms with Gasteiger partial charge in [-0.1, -0.05) is 0 Å². The fraction of sp³-hybridized carbons (Fsp3) is 0.429. The van der Waals surface area contributed by atoms with E-state index in [1.54, 1.807) is 18.3 Å². The highest BCUT2D eigenvalue weighted by Crippen LogP contribution is 2.00. The van der Waals surface area contributed by atoms with Gasteiger partial charge in [-0.15, -0.1) is 0 Å². The van der Waals surface area contributed by atoms with Gasteiger partial charge in [0.2, 0.25) is 5.82 Å². The van der Waals surface area contributed by atoms with Gasteiger partial charge in [0.25, 0.3) is 0 Å². The van der Waals surface area contributed by atoms with Crippen molar-refractivity contribution in [3.63, 3.8) is 0 Å². The summed E-state index contributed by atoms with van der Waals surface area (Å²) in [5.74, 6) is 0.214. The van der Waals surface area contributed by atoms with Gasteiger partial charge in [-0.3, -0.25) is 10.7 Å². The number of allylic oxidation sites excluding steroid dienone is 1. The first-order valence-corrected chi connectivity index (χ1v) is 4.42. The van der Waals surface area contributed by atoms with E-state index in [0.717, 1.165) is 0 Å². The lowest BCUT2D eigenvalue weighted by Gasteiger charge is -2.07. The summed E-state index contributed by atoms with van der Waals surface area (Å²) in [5, 5.41) is 26.0. The lowest BCUT2D eigenvalue weighted by molar-refractivity contribution is -0.643. The average molecular weight is 248 g/mol. The van der Waals surface area contributed by atoms with Gasteiger partial charge in [-0.2, -0.15) is 5.26 Å². The highest BCUT2D eigenvalue weighted by molar-refractivity contribution is 9.18. The predicted octanol–water partition coefficient (Wildman–Crippen LogP) is -1.00. The highest BCUT2D eigenvalue weighted by atomic mass is 79.9. The Morgan fingerprint density at radius 2 is 2.38 bits per heavy atom. The van der Waals surface area contributed by atoms with Crippen molar-refractivity contribution in [1.29, 1.82) is 10.7 Å². The number of halogens is 1. The number of aliphatic hydroxyl groups is 1. The Labute approximate surface area is 84.9 Å². The molecule has 5 nitrogen and oxygen atoms in total. The Hall–Kier alpha value is -0.900. The van der Waals surface area contributed by atoms with Gasteiger partial charge < -0.3 is 10.8 Å². The van der Waals surface area contributed by atoms with Crippen molar-refractivity contribution < 1.29 is 10.4 Å². The van der Waals surface area contributed by atoms with Crippen LogP contribution in [0.5, 0.6) is 0 Å². The van der Waals surface area contributed by atoms with E-state index in [1.807, 2.05) is 0 Å². The molecule has 0 spiro atoms. The molecule has 6 heteroatoms. The van der Waals surface area contributed by atoms with Crippen LogP contribution in [-0.4, -0.2) is 22.4 Å². The van der Waals surface area contributed by atoms with E-state index in [-0.39, 0.29) is 28.7 Å². The molecule has 1 atom stereocenters. The zero-order valence-electron chi connectivity index (χ0n) is 7.21. The summed E-state index contributed by atoms with van der Waals surface area (Å²) in [5.41, 5.74) is 5.61. The van der Waals surface area contributed by atoms with Gasteiger partial charge in [-0.25, -0.2) is 0 Å². The Morgan fingerprint density at radius 1 is 1.85 bits per heavy atom. The molecule has 0 rings (SSSR count). The smallest absolute Gasteiger partial charge is 0.216 e. The SMILES string of the molecule is C[C@@H](CO)[NH2+]/C(N)=C(/C#N)C(=N)Br. The van der Waals surface area contributed by atoms with Crippen molar-refractivity contribution >= 4 is 20.6 Å². The number of nitriles is 1. The monoisotopic (exact) mass is 247 g/mol. The van der Waals surface area contributed by atoms with Crippen LogP contribution >= 0.6 is 15.9 Å². The maximum Gasteiger partial charge on any atom is 0.216 e. The molecule has 0 saturated heterocycles. The quantitative estimate of drug-likeness (QED) is 0.378. The number of hydrogen-bond acceptors (Lipinski definition) is 4. The Balaban J connectivity index is 4.60. The zero-order valence-corrected chi connectivity index (χ0v) is 8.80. The van der Waals surface area contributed by atoms with Crippen LogP contribution < -0.4 is 11.1 Å². The summed E-state index contributed by atoms with van der Waals surface area (Å²) < 4.78 is -0.0473. The predicted molar refractivity (Wildman–Crippen MR) is 52.0 cm³/mol. The summed E-state index contributed by atoms with van der Waals surface area (Å²) in [4.78, 5) is 0. The van der Waals surface area contributed by atoms with E-state index in [2.05, 4.69) is 15.9 Å². The van der Waals surface area contributed by atoms with Crippen LogP contribution in [0.25, 0.3) is 0 Å². The molecule has 0 saturated carbocycles. The normalized spacial score (nSPS) is 14.3. The largest absolute Gasteiger partial charge is 0.390 e. The molecule has 0 heterocycles. The van der Waals surface area contributed by atoms with Crippen LogP contribution in [0.2, 0.25) is 0 Å². The molecule has 72 valence electrons. The molecule has 0 aromatic heterocycles. The maximum atomic E-state index is 8.72. The summed E-state index contributed by atoms with van der Waals surface area (Å²) in [7, 11) is 0. The minimum atomic E-state index is -0.116. The van der Waals surface area contributed by atoms with Crippen molar-refractivity contribution in [2.75, 3.05) is 6.61 Å². The van der Waals surface area contributed by atoms with E-state index in [9.17, 15) is 0 Å². The minimum absolute atomic E-state index is 0.0327. The van der Waals surface area contributed by atoms with Gasteiger partial charge in [0.1, 0.15) is 16.7 Å². The van der Waals surface area contributed by atoms with Crippen molar-refractivity contribution in [3.8, 4) is 6.07 Å². The fourth-order valence-corrected chi connectivity index (χ4v) is 1.00. The maximum absolute atomic E-state index is 8.72. The lowest BCUT2D eigenvalue weighted by atomic mass is 10.3. The topological polar surface area (TPSA) is 110 Å². The molecular weight excluding hydrogens is 236 g/mol. The van der Waals surface area contributed by atoms with Gasteiger partial charge in [0.05, 0.1) is 6.61 Å². The average Bonchev–Trinajstić information content (AvgIpc) is 2.04. The number of nitrogens with two attached hydrogens (primary N) is 2. The van der Waals surface area contributed by atoms with E-state index in [1.165, 1.54) is 0 Å². The fourth-order valence-electron chi connectivity index (χ4n) is 0.683.